The lowest BCUT2D eigenvalue weighted by Gasteiger charge is -2.39. The predicted octanol–water partition coefficient (Wildman–Crippen LogP) is 2.25. The summed E-state index contributed by atoms with van der Waals surface area (Å²) >= 11 is 0. The number of ketones is 1. The zero-order valence-corrected chi connectivity index (χ0v) is 8.83. The van der Waals surface area contributed by atoms with Crippen molar-refractivity contribution in [2.75, 3.05) is 6.54 Å². The summed E-state index contributed by atoms with van der Waals surface area (Å²) in [4.78, 5) is 12.0. The second kappa shape index (κ2) is 4.15. The lowest BCUT2D eigenvalue weighted by Crippen LogP contribution is -2.42. The van der Waals surface area contributed by atoms with Gasteiger partial charge in [-0.15, -0.1) is 0 Å². The summed E-state index contributed by atoms with van der Waals surface area (Å²) < 4.78 is 0. The lowest BCUT2D eigenvalue weighted by molar-refractivity contribution is -0.132. The second-order valence-corrected chi connectivity index (χ2v) is 4.40. The monoisotopic (exact) mass is 202 g/mol. The average molecular weight is 202 g/mol. The van der Waals surface area contributed by atoms with Crippen molar-refractivity contribution >= 4 is 5.78 Å². The second-order valence-electron chi connectivity index (χ2n) is 4.40. The molecule has 1 radical (unpaired) electrons. The topological polar surface area (TPSA) is 40.9 Å². The molecule has 0 spiro atoms. The van der Waals surface area contributed by atoms with Crippen molar-refractivity contribution in [2.24, 2.45) is 5.41 Å². The van der Waals surface area contributed by atoms with E-state index in [0.29, 0.717) is 6.42 Å². The van der Waals surface area contributed by atoms with E-state index >= 15 is 0 Å². The fourth-order valence-electron chi connectivity index (χ4n) is 2.13. The molecule has 1 aromatic rings. The van der Waals surface area contributed by atoms with Gasteiger partial charge < -0.3 is 0 Å². The standard InChI is InChI=1S/C13H16NO/c14-10-13(7-4-8-13)12(15)9-11-5-2-1-3-6-11/h1-3,5-6,14H,4,7-10H2. The molecular formula is C13H16NO. The fourth-order valence-corrected chi connectivity index (χ4v) is 2.13. The van der Waals surface area contributed by atoms with Crippen LogP contribution in [0, 0.1) is 5.41 Å². The summed E-state index contributed by atoms with van der Waals surface area (Å²) in [7, 11) is 0. The molecule has 1 fully saturated rings. The molecule has 15 heavy (non-hydrogen) atoms. The van der Waals surface area contributed by atoms with Crippen LogP contribution in [-0.2, 0) is 11.2 Å². The highest BCUT2D eigenvalue weighted by Crippen LogP contribution is 2.41. The predicted molar refractivity (Wildman–Crippen MR) is 59.4 cm³/mol. The van der Waals surface area contributed by atoms with Crippen LogP contribution >= 0.6 is 0 Å². The molecule has 79 valence electrons. The van der Waals surface area contributed by atoms with E-state index in [-0.39, 0.29) is 17.7 Å². The zero-order valence-electron chi connectivity index (χ0n) is 8.83. The van der Waals surface area contributed by atoms with Gasteiger partial charge in [0.05, 0.1) is 0 Å². The first-order valence-corrected chi connectivity index (χ1v) is 5.49. The average Bonchev–Trinajstić information content (AvgIpc) is 2.18. The summed E-state index contributed by atoms with van der Waals surface area (Å²) in [6.45, 7) is 0.263. The van der Waals surface area contributed by atoms with Gasteiger partial charge in [0, 0.05) is 18.4 Å². The van der Waals surface area contributed by atoms with Gasteiger partial charge in [0.2, 0.25) is 0 Å². The third-order valence-electron chi connectivity index (χ3n) is 3.45. The van der Waals surface area contributed by atoms with Crippen LogP contribution < -0.4 is 5.73 Å². The van der Waals surface area contributed by atoms with Crippen LogP contribution in [0.25, 0.3) is 0 Å². The molecule has 0 heterocycles. The molecule has 1 aromatic carbocycles. The maximum absolute atomic E-state index is 12.0. The minimum absolute atomic E-state index is 0.259. The molecule has 2 nitrogen and oxygen atoms in total. The quantitative estimate of drug-likeness (QED) is 0.738. The van der Waals surface area contributed by atoms with Gasteiger partial charge in [-0.3, -0.25) is 10.5 Å². The van der Waals surface area contributed by atoms with Gasteiger partial charge in [0.25, 0.3) is 0 Å². The van der Waals surface area contributed by atoms with Gasteiger partial charge >= 0.3 is 0 Å². The van der Waals surface area contributed by atoms with E-state index < -0.39 is 0 Å². The van der Waals surface area contributed by atoms with Crippen LogP contribution in [0.5, 0.6) is 0 Å². The minimum atomic E-state index is -0.296. The van der Waals surface area contributed by atoms with Crippen LogP contribution in [-0.4, -0.2) is 12.3 Å². The number of hydrogen-bond donors (Lipinski definition) is 0. The van der Waals surface area contributed by atoms with Gasteiger partial charge in [0.15, 0.2) is 0 Å². The molecule has 1 aliphatic rings. The van der Waals surface area contributed by atoms with E-state index in [4.69, 9.17) is 5.73 Å². The summed E-state index contributed by atoms with van der Waals surface area (Å²) in [5.74, 6) is 0.259. The van der Waals surface area contributed by atoms with Crippen LogP contribution in [0.1, 0.15) is 24.8 Å². The number of benzene rings is 1. The van der Waals surface area contributed by atoms with Crippen LogP contribution in [0.3, 0.4) is 0 Å². The van der Waals surface area contributed by atoms with E-state index in [1.165, 1.54) is 0 Å². The van der Waals surface area contributed by atoms with Crippen molar-refractivity contribution in [1.82, 2.24) is 5.73 Å². The van der Waals surface area contributed by atoms with Gasteiger partial charge in [-0.2, -0.15) is 0 Å². The van der Waals surface area contributed by atoms with E-state index in [9.17, 15) is 4.79 Å². The van der Waals surface area contributed by atoms with Crippen molar-refractivity contribution in [3.05, 3.63) is 35.9 Å². The Kier molecular flexibility index (Phi) is 2.87. The van der Waals surface area contributed by atoms with Crippen molar-refractivity contribution < 1.29 is 4.79 Å². The Morgan fingerprint density at radius 3 is 2.40 bits per heavy atom. The Balaban J connectivity index is 2.04. The molecular weight excluding hydrogens is 186 g/mol. The van der Waals surface area contributed by atoms with E-state index in [2.05, 4.69) is 0 Å². The minimum Gasteiger partial charge on any atom is -0.299 e. The molecule has 1 N–H and O–H groups in total. The molecule has 0 atom stereocenters. The largest absolute Gasteiger partial charge is 0.299 e. The Labute approximate surface area is 90.5 Å². The lowest BCUT2D eigenvalue weighted by atomic mass is 9.65. The Morgan fingerprint density at radius 1 is 1.27 bits per heavy atom. The van der Waals surface area contributed by atoms with Crippen molar-refractivity contribution in [2.45, 2.75) is 25.7 Å². The Morgan fingerprint density at radius 2 is 1.93 bits per heavy atom. The zero-order chi connectivity index (χ0) is 10.7. The highest BCUT2D eigenvalue weighted by atomic mass is 16.1. The summed E-state index contributed by atoms with van der Waals surface area (Å²) in [5, 5.41) is 0. The van der Waals surface area contributed by atoms with Crippen LogP contribution in [0.2, 0.25) is 0 Å². The van der Waals surface area contributed by atoms with Gasteiger partial charge in [-0.1, -0.05) is 36.8 Å². The summed E-state index contributed by atoms with van der Waals surface area (Å²) in [6.07, 6.45) is 3.45. The Hall–Kier alpha value is -1.15. The molecule has 1 aliphatic carbocycles. The number of carbonyl (C=O) groups excluding carboxylic acids is 1. The maximum atomic E-state index is 12.0. The molecule has 0 aromatic heterocycles. The van der Waals surface area contributed by atoms with E-state index in [0.717, 1.165) is 24.8 Å². The first kappa shape index (κ1) is 10.4. The molecule has 0 amide bonds. The molecule has 0 aliphatic heterocycles. The van der Waals surface area contributed by atoms with E-state index in [1.54, 1.807) is 0 Å². The van der Waals surface area contributed by atoms with Crippen LogP contribution in [0.15, 0.2) is 30.3 Å². The number of hydrogen-bond acceptors (Lipinski definition) is 1. The number of nitrogens with one attached hydrogen (secondary N) is 1. The molecule has 1 saturated carbocycles. The normalized spacial score (nSPS) is 18.2. The smallest absolute Gasteiger partial charge is 0.144 e. The Bertz CT molecular complexity index is 335. The third-order valence-corrected chi connectivity index (χ3v) is 3.45. The fraction of sp³-hybridized carbons (Fsp3) is 0.462. The molecule has 0 saturated heterocycles. The molecule has 2 rings (SSSR count). The SMILES string of the molecule is [NH]CC1(C(=O)Cc2ccccc2)CCC1. The maximum Gasteiger partial charge on any atom is 0.144 e. The third kappa shape index (κ3) is 1.95. The number of rotatable bonds is 4. The summed E-state index contributed by atoms with van der Waals surface area (Å²) in [5.41, 5.74) is 8.26. The summed E-state index contributed by atoms with van der Waals surface area (Å²) in [6, 6.07) is 9.83. The highest BCUT2D eigenvalue weighted by Gasteiger charge is 2.42. The van der Waals surface area contributed by atoms with Crippen molar-refractivity contribution in [1.29, 1.82) is 0 Å². The van der Waals surface area contributed by atoms with Gasteiger partial charge in [-0.25, -0.2) is 0 Å². The first-order valence-electron chi connectivity index (χ1n) is 5.49. The molecule has 0 bridgehead atoms. The molecule has 2 heteroatoms. The molecule has 0 unspecified atom stereocenters. The van der Waals surface area contributed by atoms with Crippen molar-refractivity contribution in [3.63, 3.8) is 0 Å². The van der Waals surface area contributed by atoms with E-state index in [1.807, 2.05) is 30.3 Å². The first-order chi connectivity index (χ1) is 7.27. The van der Waals surface area contributed by atoms with Gasteiger partial charge in [-0.05, 0) is 18.4 Å². The number of carbonyl (C=O) groups is 1. The van der Waals surface area contributed by atoms with Gasteiger partial charge in [0.1, 0.15) is 5.78 Å². The van der Waals surface area contributed by atoms with Crippen LogP contribution in [0.4, 0.5) is 0 Å². The van der Waals surface area contributed by atoms with Crippen molar-refractivity contribution in [3.8, 4) is 0 Å². The highest BCUT2D eigenvalue weighted by molar-refractivity contribution is 5.87. The number of Topliss-reactive ketones (excluding diaryl/α,β-unsaturated/α-hetero) is 1.